The first-order valence-corrected chi connectivity index (χ1v) is 10.1. The number of fused-ring (bicyclic) bond motifs is 2. The van der Waals surface area contributed by atoms with Crippen LogP contribution in [0.25, 0.3) is 21.9 Å². The quantitative estimate of drug-likeness (QED) is 0.377. The minimum Gasteiger partial charge on any atom is -0.508 e. The highest BCUT2D eigenvalue weighted by atomic mass is 16.5. The maximum absolute atomic E-state index is 11.3. The average Bonchev–Trinajstić information content (AvgIpc) is 3.32. The fourth-order valence-corrected chi connectivity index (χ4v) is 3.15. The van der Waals surface area contributed by atoms with Crippen LogP contribution in [-0.2, 0) is 31.9 Å². The Hall–Kier alpha value is -4.06. The molecule has 35 heavy (non-hydrogen) atoms. The molecule has 4 aromatic rings. The van der Waals surface area contributed by atoms with Crippen molar-refractivity contribution in [1.82, 2.24) is 0 Å². The van der Waals surface area contributed by atoms with E-state index in [-0.39, 0.29) is 52.7 Å². The van der Waals surface area contributed by atoms with Gasteiger partial charge in [-0.1, -0.05) is 0 Å². The topological polar surface area (TPSA) is 214 Å². The summed E-state index contributed by atoms with van der Waals surface area (Å²) in [6, 6.07) is 9.61. The van der Waals surface area contributed by atoms with Gasteiger partial charge in [0.1, 0.15) is 22.7 Å². The van der Waals surface area contributed by atoms with Gasteiger partial charge in [0, 0.05) is 34.0 Å². The lowest BCUT2D eigenvalue weighted by Gasteiger charge is -1.99. The molecule has 0 saturated heterocycles. The maximum atomic E-state index is 11.3. The van der Waals surface area contributed by atoms with Crippen LogP contribution in [0.4, 0.5) is 0 Å². The van der Waals surface area contributed by atoms with Crippen LogP contribution in [0.3, 0.4) is 0 Å². The number of carbonyl (C=O) groups is 2. The van der Waals surface area contributed by atoms with Gasteiger partial charge < -0.3 is 44.9 Å². The highest BCUT2D eigenvalue weighted by Gasteiger charge is 2.12. The minimum absolute atomic E-state index is 0. The summed E-state index contributed by atoms with van der Waals surface area (Å²) in [5.41, 5.74) is 2.68. The first-order chi connectivity index (χ1) is 15.4. The summed E-state index contributed by atoms with van der Waals surface area (Å²) in [4.78, 5) is 22.6. The van der Waals surface area contributed by atoms with E-state index >= 15 is 0 Å². The molecule has 0 radical (unpaired) electrons. The number of benzene rings is 2. The van der Waals surface area contributed by atoms with Crippen LogP contribution in [-0.4, -0.2) is 51.8 Å². The zero-order chi connectivity index (χ0) is 23.1. The molecule has 0 atom stereocenters. The van der Waals surface area contributed by atoms with Gasteiger partial charge in [0.05, 0.1) is 38.6 Å². The number of hydrogen-bond donors (Lipinski definition) is 2. The number of carbonyl (C=O) groups excluding carboxylic acids is 2. The van der Waals surface area contributed by atoms with Gasteiger partial charge >= 0.3 is 11.9 Å². The number of esters is 2. The summed E-state index contributed by atoms with van der Waals surface area (Å²) in [5, 5.41) is 20.2. The van der Waals surface area contributed by atoms with Gasteiger partial charge in [0.2, 0.25) is 0 Å². The van der Waals surface area contributed by atoms with E-state index in [9.17, 15) is 19.8 Å². The molecule has 0 spiro atoms. The van der Waals surface area contributed by atoms with E-state index in [4.69, 9.17) is 18.3 Å². The van der Waals surface area contributed by atoms with Crippen molar-refractivity contribution in [3.05, 3.63) is 60.1 Å². The Morgan fingerprint density at radius 3 is 1.43 bits per heavy atom. The summed E-state index contributed by atoms with van der Waals surface area (Å²) in [5.74, 6) is -0.273. The number of aromatic hydroxyl groups is 2. The van der Waals surface area contributed by atoms with E-state index in [2.05, 4.69) is 0 Å². The van der Waals surface area contributed by atoms with E-state index in [1.54, 1.807) is 38.1 Å². The number of rotatable bonds is 6. The summed E-state index contributed by atoms with van der Waals surface area (Å²) in [7, 11) is 0. The molecule has 4 rings (SSSR count). The molecule has 0 fully saturated rings. The van der Waals surface area contributed by atoms with E-state index in [1.807, 2.05) is 0 Å². The molecule has 0 amide bonds. The number of furan rings is 2. The lowest BCUT2D eigenvalue weighted by Crippen LogP contribution is -2.06. The fourth-order valence-electron chi connectivity index (χ4n) is 3.15. The van der Waals surface area contributed by atoms with Gasteiger partial charge in [-0.25, -0.2) is 0 Å². The molecule has 0 aliphatic heterocycles. The van der Waals surface area contributed by atoms with Gasteiger partial charge in [-0.15, -0.1) is 0 Å². The third-order valence-electron chi connectivity index (χ3n) is 4.56. The first kappa shape index (κ1) is 30.9. The normalized spacial score (nSPS) is 9.66. The van der Waals surface area contributed by atoms with Crippen molar-refractivity contribution in [2.75, 3.05) is 13.2 Å². The Morgan fingerprint density at radius 1 is 0.714 bits per heavy atom. The molecule has 2 aromatic carbocycles. The van der Waals surface area contributed by atoms with Gasteiger partial charge in [0.25, 0.3) is 0 Å². The predicted octanol–water partition coefficient (Wildman–Crippen LogP) is 2.01. The molecule has 11 nitrogen and oxygen atoms in total. The summed E-state index contributed by atoms with van der Waals surface area (Å²) >= 11 is 0. The molecule has 2 aromatic heterocycles. The maximum Gasteiger partial charge on any atom is 0.310 e. The van der Waals surface area contributed by atoms with Crippen LogP contribution >= 0.6 is 0 Å². The first-order valence-electron chi connectivity index (χ1n) is 10.1. The Bertz CT molecular complexity index is 1130. The van der Waals surface area contributed by atoms with Crippen molar-refractivity contribution in [3.63, 3.8) is 0 Å². The van der Waals surface area contributed by atoms with Crippen molar-refractivity contribution in [2.45, 2.75) is 26.7 Å². The van der Waals surface area contributed by atoms with Gasteiger partial charge in [-0.2, -0.15) is 0 Å². The molecule has 0 saturated carbocycles. The van der Waals surface area contributed by atoms with Gasteiger partial charge in [-0.05, 0) is 38.1 Å². The summed E-state index contributed by atoms with van der Waals surface area (Å²) < 4.78 is 20.2. The second-order valence-electron chi connectivity index (χ2n) is 6.85. The van der Waals surface area contributed by atoms with Crippen LogP contribution in [0.2, 0.25) is 0 Å². The molecule has 8 N–H and O–H groups in total. The van der Waals surface area contributed by atoms with E-state index in [1.165, 1.54) is 24.7 Å². The molecule has 2 heterocycles. The Morgan fingerprint density at radius 2 is 1.09 bits per heavy atom. The monoisotopic (exact) mass is 494 g/mol. The zero-order valence-electron chi connectivity index (χ0n) is 19.3. The number of phenolic OH excluding ortho intramolecular Hbond substituents is 2. The molecule has 192 valence electrons. The molecule has 0 aliphatic carbocycles. The van der Waals surface area contributed by atoms with Crippen LogP contribution in [0.1, 0.15) is 25.0 Å². The lowest BCUT2D eigenvalue weighted by atomic mass is 10.1. The zero-order valence-corrected chi connectivity index (χ0v) is 19.3. The van der Waals surface area contributed by atoms with E-state index in [0.29, 0.717) is 24.4 Å². The number of ether oxygens (including phenoxy) is 2. The van der Waals surface area contributed by atoms with Crippen molar-refractivity contribution >= 4 is 33.9 Å². The SMILES string of the molecule is CCOC(=O)Cc1coc2cc(O)ccc12.CCOC(=O)Cc1coc2cc(O)ccc12.O.O.O. The second-order valence-corrected chi connectivity index (χ2v) is 6.85. The van der Waals surface area contributed by atoms with Crippen molar-refractivity contribution < 1.29 is 54.5 Å². The van der Waals surface area contributed by atoms with Crippen molar-refractivity contribution in [2.24, 2.45) is 0 Å². The van der Waals surface area contributed by atoms with Crippen LogP contribution in [0.15, 0.2) is 57.8 Å². The predicted molar refractivity (Wildman–Crippen MR) is 127 cm³/mol. The number of phenols is 2. The largest absolute Gasteiger partial charge is 0.508 e. The molecule has 0 aliphatic rings. The molecular formula is C24H30O11. The van der Waals surface area contributed by atoms with Crippen molar-refractivity contribution in [1.29, 1.82) is 0 Å². The van der Waals surface area contributed by atoms with E-state index in [0.717, 1.165) is 21.9 Å². The third kappa shape index (κ3) is 8.03. The molecule has 0 bridgehead atoms. The smallest absolute Gasteiger partial charge is 0.310 e. The van der Waals surface area contributed by atoms with Crippen LogP contribution in [0.5, 0.6) is 11.5 Å². The fraction of sp³-hybridized carbons (Fsp3) is 0.250. The Labute approximate surface area is 200 Å². The average molecular weight is 494 g/mol. The van der Waals surface area contributed by atoms with Crippen molar-refractivity contribution in [3.8, 4) is 11.5 Å². The third-order valence-corrected chi connectivity index (χ3v) is 4.56. The lowest BCUT2D eigenvalue weighted by molar-refractivity contribution is -0.143. The van der Waals surface area contributed by atoms with Gasteiger partial charge in [0.15, 0.2) is 0 Å². The molecule has 0 unspecified atom stereocenters. The Balaban J connectivity index is 0.000000608. The second kappa shape index (κ2) is 14.3. The number of hydrogen-bond acceptors (Lipinski definition) is 8. The van der Waals surface area contributed by atoms with Gasteiger partial charge in [-0.3, -0.25) is 9.59 Å². The van der Waals surface area contributed by atoms with Crippen LogP contribution < -0.4 is 0 Å². The Kier molecular flexibility index (Phi) is 12.6. The summed E-state index contributed by atoms with van der Waals surface area (Å²) in [6.45, 7) is 4.28. The standard InChI is InChI=1S/2C12H12O4.3H2O/c2*1-2-15-12(14)5-8-7-16-11-6-9(13)3-4-10(8)11;;;/h2*3-4,6-7,13H,2,5H2,1H3;3*1H2. The molecular weight excluding hydrogens is 464 g/mol. The van der Waals surface area contributed by atoms with E-state index < -0.39 is 0 Å². The highest BCUT2D eigenvalue weighted by Crippen LogP contribution is 2.26. The van der Waals surface area contributed by atoms with Crippen LogP contribution in [0, 0.1) is 0 Å². The molecule has 11 heteroatoms. The highest BCUT2D eigenvalue weighted by molar-refractivity contribution is 5.87. The minimum atomic E-state index is -0.279. The summed E-state index contributed by atoms with van der Waals surface area (Å²) in [6.07, 6.45) is 3.40.